The molecule has 1 aromatic carbocycles. The van der Waals surface area contributed by atoms with Gasteiger partial charge in [0.2, 0.25) is 0 Å². The summed E-state index contributed by atoms with van der Waals surface area (Å²) >= 11 is 0. The smallest absolute Gasteiger partial charge is 0.269 e. The fourth-order valence-electron chi connectivity index (χ4n) is 2.02. The first-order valence-corrected chi connectivity index (χ1v) is 5.02. The van der Waals surface area contributed by atoms with Crippen LogP contribution in [0.25, 0.3) is 0 Å². The third kappa shape index (κ3) is 1.94. The predicted octanol–water partition coefficient (Wildman–Crippen LogP) is 1.40. The standard InChI is InChI=1S/C11H11NO4/c13-9-5-10(11(14)6-9)7-1-3-8(4-2-7)12(15)16/h1-4,10-11,14H,5-6H2/t10-,11+/m0/s1. The molecule has 0 heterocycles. The zero-order valence-corrected chi connectivity index (χ0v) is 8.50. The van der Waals surface area contributed by atoms with Gasteiger partial charge in [-0.1, -0.05) is 12.1 Å². The van der Waals surface area contributed by atoms with Gasteiger partial charge in [0.1, 0.15) is 5.78 Å². The van der Waals surface area contributed by atoms with E-state index in [-0.39, 0.29) is 23.8 Å². The summed E-state index contributed by atoms with van der Waals surface area (Å²) in [7, 11) is 0. The van der Waals surface area contributed by atoms with Crippen molar-refractivity contribution in [2.45, 2.75) is 24.9 Å². The van der Waals surface area contributed by atoms with Crippen molar-refractivity contribution < 1.29 is 14.8 Å². The quantitative estimate of drug-likeness (QED) is 0.604. The Morgan fingerprint density at radius 1 is 1.25 bits per heavy atom. The number of benzene rings is 1. The van der Waals surface area contributed by atoms with Crippen molar-refractivity contribution in [2.75, 3.05) is 0 Å². The van der Waals surface area contributed by atoms with Crippen LogP contribution in [-0.4, -0.2) is 21.9 Å². The van der Waals surface area contributed by atoms with Gasteiger partial charge in [0.25, 0.3) is 5.69 Å². The first kappa shape index (κ1) is 10.8. The molecule has 0 bridgehead atoms. The van der Waals surface area contributed by atoms with Crippen LogP contribution in [0.1, 0.15) is 24.3 Å². The minimum Gasteiger partial charge on any atom is -0.392 e. The van der Waals surface area contributed by atoms with Crippen molar-refractivity contribution >= 4 is 11.5 Å². The SMILES string of the molecule is O=C1C[C@@H](O)[C@H](c2ccc([N+](=O)[O-])cc2)C1. The van der Waals surface area contributed by atoms with Crippen LogP contribution >= 0.6 is 0 Å². The molecule has 16 heavy (non-hydrogen) atoms. The fraction of sp³-hybridized carbons (Fsp3) is 0.364. The van der Waals surface area contributed by atoms with Crippen LogP contribution < -0.4 is 0 Å². The third-order valence-corrected chi connectivity index (χ3v) is 2.88. The number of nitro benzene ring substituents is 1. The first-order chi connectivity index (χ1) is 7.58. The maximum Gasteiger partial charge on any atom is 0.269 e. The van der Waals surface area contributed by atoms with E-state index in [2.05, 4.69) is 0 Å². The molecule has 5 heteroatoms. The molecule has 1 saturated carbocycles. The second-order valence-corrected chi connectivity index (χ2v) is 3.97. The Labute approximate surface area is 91.9 Å². The lowest BCUT2D eigenvalue weighted by atomic mass is 9.96. The second kappa shape index (κ2) is 4.02. The number of aliphatic hydroxyl groups is 1. The number of nitro groups is 1. The molecule has 1 aromatic rings. The molecule has 1 aliphatic carbocycles. The van der Waals surface area contributed by atoms with Gasteiger partial charge in [-0.3, -0.25) is 14.9 Å². The van der Waals surface area contributed by atoms with Crippen molar-refractivity contribution in [3.8, 4) is 0 Å². The van der Waals surface area contributed by atoms with Gasteiger partial charge in [-0.25, -0.2) is 0 Å². The number of hydrogen-bond donors (Lipinski definition) is 1. The molecular weight excluding hydrogens is 210 g/mol. The predicted molar refractivity (Wildman–Crippen MR) is 56.1 cm³/mol. The molecule has 0 spiro atoms. The number of nitrogens with zero attached hydrogens (tertiary/aromatic N) is 1. The number of aliphatic hydroxyl groups excluding tert-OH is 1. The number of hydrogen-bond acceptors (Lipinski definition) is 4. The van der Waals surface area contributed by atoms with E-state index in [0.717, 1.165) is 5.56 Å². The monoisotopic (exact) mass is 221 g/mol. The van der Waals surface area contributed by atoms with E-state index >= 15 is 0 Å². The van der Waals surface area contributed by atoms with Crippen molar-refractivity contribution in [3.05, 3.63) is 39.9 Å². The molecule has 2 rings (SSSR count). The zero-order chi connectivity index (χ0) is 11.7. The van der Waals surface area contributed by atoms with Gasteiger partial charge in [-0.15, -0.1) is 0 Å². The van der Waals surface area contributed by atoms with Crippen LogP contribution in [0.15, 0.2) is 24.3 Å². The summed E-state index contributed by atoms with van der Waals surface area (Å²) in [6, 6.07) is 5.99. The maximum atomic E-state index is 11.1. The van der Waals surface area contributed by atoms with E-state index in [9.17, 15) is 20.0 Å². The van der Waals surface area contributed by atoms with Crippen molar-refractivity contribution in [3.63, 3.8) is 0 Å². The molecule has 1 fully saturated rings. The van der Waals surface area contributed by atoms with Crippen LogP contribution in [0, 0.1) is 10.1 Å². The number of non-ortho nitro benzene ring substituents is 1. The number of carbonyl (C=O) groups is 1. The summed E-state index contributed by atoms with van der Waals surface area (Å²) in [5.74, 6) is -0.177. The van der Waals surface area contributed by atoms with Gasteiger partial charge in [0.05, 0.1) is 11.0 Å². The summed E-state index contributed by atoms with van der Waals surface area (Å²) in [6.45, 7) is 0. The van der Waals surface area contributed by atoms with Crippen LogP contribution in [0.3, 0.4) is 0 Å². The lowest BCUT2D eigenvalue weighted by molar-refractivity contribution is -0.384. The molecule has 5 nitrogen and oxygen atoms in total. The van der Waals surface area contributed by atoms with E-state index < -0.39 is 11.0 Å². The molecular formula is C11H11NO4. The molecule has 2 atom stereocenters. The van der Waals surface area contributed by atoms with E-state index in [4.69, 9.17) is 0 Å². The van der Waals surface area contributed by atoms with Gasteiger partial charge in [-0.05, 0) is 5.56 Å². The van der Waals surface area contributed by atoms with Crippen LogP contribution in [0.4, 0.5) is 5.69 Å². The largest absolute Gasteiger partial charge is 0.392 e. The zero-order valence-electron chi connectivity index (χ0n) is 8.50. The number of ketones is 1. The lowest BCUT2D eigenvalue weighted by Gasteiger charge is -2.13. The molecule has 0 aromatic heterocycles. The Bertz CT molecular complexity index is 426. The molecule has 1 N–H and O–H groups in total. The molecule has 1 aliphatic rings. The summed E-state index contributed by atoms with van der Waals surface area (Å²) in [5, 5.41) is 20.1. The van der Waals surface area contributed by atoms with Gasteiger partial charge < -0.3 is 5.11 Å². The van der Waals surface area contributed by atoms with E-state index in [0.29, 0.717) is 6.42 Å². The fourth-order valence-corrected chi connectivity index (χ4v) is 2.02. The second-order valence-electron chi connectivity index (χ2n) is 3.97. The van der Waals surface area contributed by atoms with Crippen LogP contribution in [0.2, 0.25) is 0 Å². The van der Waals surface area contributed by atoms with E-state index in [1.807, 2.05) is 0 Å². The average Bonchev–Trinajstić information content (AvgIpc) is 2.58. The minimum atomic E-state index is -0.658. The Morgan fingerprint density at radius 3 is 2.31 bits per heavy atom. The third-order valence-electron chi connectivity index (χ3n) is 2.88. The molecule has 0 saturated heterocycles. The van der Waals surface area contributed by atoms with Crippen molar-refractivity contribution in [1.29, 1.82) is 0 Å². The summed E-state index contributed by atoms with van der Waals surface area (Å²) in [4.78, 5) is 21.1. The highest BCUT2D eigenvalue weighted by Crippen LogP contribution is 2.33. The Hall–Kier alpha value is -1.75. The Balaban J connectivity index is 2.22. The van der Waals surface area contributed by atoms with Gasteiger partial charge >= 0.3 is 0 Å². The molecule has 0 amide bonds. The van der Waals surface area contributed by atoms with Crippen molar-refractivity contribution in [2.24, 2.45) is 0 Å². The highest BCUT2D eigenvalue weighted by molar-refractivity contribution is 5.82. The van der Waals surface area contributed by atoms with E-state index in [1.54, 1.807) is 12.1 Å². The normalized spacial score (nSPS) is 24.7. The Morgan fingerprint density at radius 2 is 1.88 bits per heavy atom. The maximum absolute atomic E-state index is 11.1. The number of Topliss-reactive ketones (excluding diaryl/α,β-unsaturated/α-hetero) is 1. The molecule has 0 aliphatic heterocycles. The molecule has 84 valence electrons. The average molecular weight is 221 g/mol. The topological polar surface area (TPSA) is 80.4 Å². The van der Waals surface area contributed by atoms with Gasteiger partial charge in [0, 0.05) is 30.9 Å². The Kier molecular flexibility index (Phi) is 2.70. The highest BCUT2D eigenvalue weighted by atomic mass is 16.6. The van der Waals surface area contributed by atoms with Gasteiger partial charge in [-0.2, -0.15) is 0 Å². The van der Waals surface area contributed by atoms with Crippen LogP contribution in [0.5, 0.6) is 0 Å². The summed E-state index contributed by atoms with van der Waals surface area (Å²) in [5.41, 5.74) is 0.798. The highest BCUT2D eigenvalue weighted by Gasteiger charge is 2.32. The summed E-state index contributed by atoms with van der Waals surface area (Å²) in [6.07, 6.45) is -0.158. The first-order valence-electron chi connectivity index (χ1n) is 5.02. The van der Waals surface area contributed by atoms with E-state index in [1.165, 1.54) is 12.1 Å². The van der Waals surface area contributed by atoms with Crippen molar-refractivity contribution in [1.82, 2.24) is 0 Å². The minimum absolute atomic E-state index is 0.0163. The molecule has 0 unspecified atom stereocenters. The van der Waals surface area contributed by atoms with Gasteiger partial charge in [0.15, 0.2) is 0 Å². The number of rotatable bonds is 2. The number of carbonyl (C=O) groups excluding carboxylic acids is 1. The van der Waals surface area contributed by atoms with Crippen LogP contribution in [-0.2, 0) is 4.79 Å². The lowest BCUT2D eigenvalue weighted by Crippen LogP contribution is -2.10. The summed E-state index contributed by atoms with van der Waals surface area (Å²) < 4.78 is 0. The molecule has 0 radical (unpaired) electrons.